The molecule has 4 nitrogen and oxygen atoms in total. The van der Waals surface area contributed by atoms with Crippen LogP contribution in [-0.4, -0.2) is 9.55 Å². The van der Waals surface area contributed by atoms with Gasteiger partial charge in [-0.25, -0.2) is 0 Å². The first-order valence-electron chi connectivity index (χ1n) is 16.5. The Bertz CT molecular complexity index is 2830. The molecular formula is C45H29N3O. The zero-order valence-electron chi connectivity index (χ0n) is 26.5. The van der Waals surface area contributed by atoms with E-state index in [1.807, 2.05) is 30.6 Å². The molecule has 0 bridgehead atoms. The van der Waals surface area contributed by atoms with Gasteiger partial charge in [0.1, 0.15) is 11.2 Å². The van der Waals surface area contributed by atoms with Crippen LogP contribution in [0.2, 0.25) is 0 Å². The maximum atomic E-state index is 6.33. The third-order valence-electron chi connectivity index (χ3n) is 9.62. The van der Waals surface area contributed by atoms with E-state index in [1.54, 1.807) is 0 Å². The molecule has 0 radical (unpaired) electrons. The van der Waals surface area contributed by atoms with Gasteiger partial charge < -0.3 is 13.9 Å². The largest absolute Gasteiger partial charge is 0.455 e. The summed E-state index contributed by atoms with van der Waals surface area (Å²) in [6.45, 7) is 0. The van der Waals surface area contributed by atoms with Gasteiger partial charge in [0.15, 0.2) is 0 Å². The molecule has 0 N–H and O–H groups in total. The van der Waals surface area contributed by atoms with Gasteiger partial charge in [0.2, 0.25) is 0 Å². The van der Waals surface area contributed by atoms with Crippen molar-refractivity contribution in [3.63, 3.8) is 0 Å². The van der Waals surface area contributed by atoms with Crippen LogP contribution in [0.5, 0.6) is 0 Å². The fourth-order valence-electron chi connectivity index (χ4n) is 7.36. The van der Waals surface area contributed by atoms with Crippen LogP contribution in [0, 0.1) is 0 Å². The molecule has 10 aromatic rings. The minimum Gasteiger partial charge on any atom is -0.455 e. The fourth-order valence-corrected chi connectivity index (χ4v) is 7.36. The summed E-state index contributed by atoms with van der Waals surface area (Å²) in [7, 11) is 0. The highest BCUT2D eigenvalue weighted by Gasteiger charge is 2.18. The van der Waals surface area contributed by atoms with Crippen LogP contribution < -0.4 is 4.90 Å². The first-order chi connectivity index (χ1) is 24.3. The Morgan fingerprint density at radius 3 is 2.02 bits per heavy atom. The van der Waals surface area contributed by atoms with Crippen LogP contribution in [0.15, 0.2) is 181 Å². The third-order valence-corrected chi connectivity index (χ3v) is 9.62. The van der Waals surface area contributed by atoms with E-state index in [9.17, 15) is 0 Å². The molecule has 0 aliphatic heterocycles. The molecule has 3 aromatic heterocycles. The number of fused-ring (bicyclic) bond motifs is 7. The molecule has 7 aromatic carbocycles. The van der Waals surface area contributed by atoms with E-state index < -0.39 is 0 Å². The van der Waals surface area contributed by atoms with Crippen molar-refractivity contribution in [1.82, 2.24) is 9.55 Å². The van der Waals surface area contributed by atoms with Gasteiger partial charge in [0, 0.05) is 62.3 Å². The standard InChI is InChI=1S/C45H29N3O/c1-2-13-33(14-3-1)47(34-23-21-30(22-24-34)40-28-46-29-41-38-18-7-9-20-44(38)49-45(40)41)35-15-10-16-36(27-35)48-42-19-8-6-17-37(42)39-25-31-11-4-5-12-32(31)26-43(39)48/h1-29H. The van der Waals surface area contributed by atoms with Crippen molar-refractivity contribution < 1.29 is 4.42 Å². The van der Waals surface area contributed by atoms with Gasteiger partial charge in [-0.3, -0.25) is 4.98 Å². The van der Waals surface area contributed by atoms with Crippen molar-refractivity contribution in [2.75, 3.05) is 4.90 Å². The lowest BCUT2D eigenvalue weighted by atomic mass is 10.0. The van der Waals surface area contributed by atoms with E-state index in [-0.39, 0.29) is 0 Å². The molecule has 230 valence electrons. The molecule has 4 heteroatoms. The zero-order valence-corrected chi connectivity index (χ0v) is 26.5. The lowest BCUT2D eigenvalue weighted by Gasteiger charge is -2.26. The predicted molar refractivity (Wildman–Crippen MR) is 203 cm³/mol. The maximum absolute atomic E-state index is 6.33. The van der Waals surface area contributed by atoms with Crippen LogP contribution >= 0.6 is 0 Å². The molecule has 49 heavy (non-hydrogen) atoms. The van der Waals surface area contributed by atoms with Crippen molar-refractivity contribution in [2.24, 2.45) is 0 Å². The molecule has 0 fully saturated rings. The molecule has 10 rings (SSSR count). The number of rotatable bonds is 5. The quantitative estimate of drug-likeness (QED) is 0.190. The lowest BCUT2D eigenvalue weighted by Crippen LogP contribution is -2.10. The Morgan fingerprint density at radius 2 is 1.16 bits per heavy atom. The van der Waals surface area contributed by atoms with Gasteiger partial charge in [-0.15, -0.1) is 0 Å². The Balaban J connectivity index is 1.12. The summed E-state index contributed by atoms with van der Waals surface area (Å²) < 4.78 is 8.73. The molecule has 0 spiro atoms. The number of hydrogen-bond acceptors (Lipinski definition) is 3. The predicted octanol–water partition coefficient (Wildman–Crippen LogP) is 12.4. The highest BCUT2D eigenvalue weighted by atomic mass is 16.3. The van der Waals surface area contributed by atoms with Gasteiger partial charge >= 0.3 is 0 Å². The second kappa shape index (κ2) is 11.0. The number of para-hydroxylation sites is 3. The summed E-state index contributed by atoms with van der Waals surface area (Å²) in [4.78, 5) is 6.90. The molecule has 0 aliphatic carbocycles. The summed E-state index contributed by atoms with van der Waals surface area (Å²) >= 11 is 0. The van der Waals surface area contributed by atoms with E-state index >= 15 is 0 Å². The Kier molecular flexibility index (Phi) is 6.15. The molecule has 3 heterocycles. The lowest BCUT2D eigenvalue weighted by molar-refractivity contribution is 0.669. The first kappa shape index (κ1) is 27.5. The molecule has 0 aliphatic rings. The molecule has 0 amide bonds. The van der Waals surface area contributed by atoms with Crippen molar-refractivity contribution in [3.8, 4) is 16.8 Å². The molecule has 0 saturated heterocycles. The molecule has 0 atom stereocenters. The van der Waals surface area contributed by atoms with Gasteiger partial charge in [-0.05, 0) is 83.1 Å². The smallest absolute Gasteiger partial charge is 0.146 e. The second-order valence-corrected chi connectivity index (χ2v) is 12.5. The summed E-state index contributed by atoms with van der Waals surface area (Å²) in [6, 6.07) is 58.2. The highest BCUT2D eigenvalue weighted by molar-refractivity contribution is 6.14. The van der Waals surface area contributed by atoms with Crippen molar-refractivity contribution >= 4 is 71.6 Å². The fraction of sp³-hybridized carbons (Fsp3) is 0. The summed E-state index contributed by atoms with van der Waals surface area (Å²) in [6.07, 6.45) is 3.79. The van der Waals surface area contributed by atoms with Crippen LogP contribution in [0.3, 0.4) is 0 Å². The maximum Gasteiger partial charge on any atom is 0.146 e. The second-order valence-electron chi connectivity index (χ2n) is 12.5. The summed E-state index contributed by atoms with van der Waals surface area (Å²) in [5.74, 6) is 0. The highest BCUT2D eigenvalue weighted by Crippen LogP contribution is 2.40. The molecule has 0 saturated carbocycles. The van der Waals surface area contributed by atoms with Crippen LogP contribution in [0.1, 0.15) is 0 Å². The SMILES string of the molecule is c1ccc(N(c2ccc(-c3cncc4c3oc3ccccc34)cc2)c2cccc(-n3c4ccccc4c4cc5ccccc5cc43)c2)cc1. The van der Waals surface area contributed by atoms with Crippen LogP contribution in [0.4, 0.5) is 17.1 Å². The number of aromatic nitrogens is 2. The van der Waals surface area contributed by atoms with Crippen molar-refractivity contribution in [2.45, 2.75) is 0 Å². The number of benzene rings is 7. The third kappa shape index (κ3) is 4.42. The van der Waals surface area contributed by atoms with Gasteiger partial charge in [-0.2, -0.15) is 0 Å². The average Bonchev–Trinajstić information content (AvgIpc) is 3.70. The van der Waals surface area contributed by atoms with E-state index in [0.717, 1.165) is 55.8 Å². The average molecular weight is 628 g/mol. The number of hydrogen-bond donors (Lipinski definition) is 0. The number of pyridine rings is 1. The normalized spacial score (nSPS) is 11.7. The molecular weight excluding hydrogens is 599 g/mol. The van der Waals surface area contributed by atoms with E-state index in [1.165, 1.54) is 32.6 Å². The monoisotopic (exact) mass is 627 g/mol. The van der Waals surface area contributed by atoms with Crippen molar-refractivity contribution in [1.29, 1.82) is 0 Å². The van der Waals surface area contributed by atoms with E-state index in [2.05, 4.69) is 160 Å². The van der Waals surface area contributed by atoms with Crippen LogP contribution in [0.25, 0.3) is 71.3 Å². The van der Waals surface area contributed by atoms with Crippen LogP contribution in [-0.2, 0) is 0 Å². The topological polar surface area (TPSA) is 34.2 Å². The zero-order chi connectivity index (χ0) is 32.3. The van der Waals surface area contributed by atoms with E-state index in [4.69, 9.17) is 4.42 Å². The van der Waals surface area contributed by atoms with E-state index in [0.29, 0.717) is 0 Å². The number of furan rings is 1. The first-order valence-corrected chi connectivity index (χ1v) is 16.5. The Labute approximate surface area is 282 Å². The number of anilines is 3. The van der Waals surface area contributed by atoms with Gasteiger partial charge in [0.05, 0.1) is 11.0 Å². The Hall–Kier alpha value is -6.65. The van der Waals surface area contributed by atoms with Gasteiger partial charge in [0.25, 0.3) is 0 Å². The minimum atomic E-state index is 0.857. The van der Waals surface area contributed by atoms with Gasteiger partial charge in [-0.1, -0.05) is 97.1 Å². The molecule has 0 unspecified atom stereocenters. The van der Waals surface area contributed by atoms with Crippen molar-refractivity contribution in [3.05, 3.63) is 176 Å². The minimum absolute atomic E-state index is 0.857. The summed E-state index contributed by atoms with van der Waals surface area (Å²) in [5.41, 5.74) is 10.5. The number of nitrogens with zero attached hydrogens (tertiary/aromatic N) is 3. The summed E-state index contributed by atoms with van der Waals surface area (Å²) in [5, 5.41) is 7.09. The Morgan fingerprint density at radius 1 is 0.469 bits per heavy atom.